The lowest BCUT2D eigenvalue weighted by Gasteiger charge is -1.96. The molecule has 7 heteroatoms. The smallest absolute Gasteiger partial charge is 0.335 e. The summed E-state index contributed by atoms with van der Waals surface area (Å²) >= 11 is 1.42. The Hall–Kier alpha value is -2.28. The van der Waals surface area contributed by atoms with Crippen molar-refractivity contribution in [3.63, 3.8) is 0 Å². The number of rotatable bonds is 2. The summed E-state index contributed by atoms with van der Waals surface area (Å²) in [5.41, 5.74) is 1.13. The van der Waals surface area contributed by atoms with Crippen LogP contribution in [0.15, 0.2) is 24.3 Å². The summed E-state index contributed by atoms with van der Waals surface area (Å²) in [6.07, 6.45) is 0. The summed E-state index contributed by atoms with van der Waals surface area (Å²) in [6.45, 7) is 1.83. The molecule has 6 nitrogen and oxygen atoms in total. The van der Waals surface area contributed by atoms with Crippen LogP contribution in [-0.2, 0) is 0 Å². The molecule has 2 heterocycles. The highest BCUT2D eigenvalue weighted by atomic mass is 32.1. The lowest BCUT2D eigenvalue weighted by Crippen LogP contribution is -1.95. The van der Waals surface area contributed by atoms with Crippen molar-refractivity contribution in [2.45, 2.75) is 6.92 Å². The van der Waals surface area contributed by atoms with E-state index >= 15 is 0 Å². The molecule has 0 spiro atoms. The summed E-state index contributed by atoms with van der Waals surface area (Å²) in [5.74, 6) is -0.204. The summed E-state index contributed by atoms with van der Waals surface area (Å²) in [7, 11) is 0. The molecule has 0 aliphatic heterocycles. The predicted molar refractivity (Wildman–Crippen MR) is 65.8 cm³/mol. The molecule has 0 amide bonds. The number of nitrogens with zero attached hydrogens (tertiary/aromatic N) is 4. The van der Waals surface area contributed by atoms with Crippen LogP contribution in [0.2, 0.25) is 0 Å². The average Bonchev–Trinajstić information content (AvgIpc) is 2.92. The van der Waals surface area contributed by atoms with Gasteiger partial charge < -0.3 is 5.11 Å². The van der Waals surface area contributed by atoms with Crippen LogP contribution >= 0.6 is 11.3 Å². The molecule has 0 unspecified atom stereocenters. The number of hydrogen-bond donors (Lipinski definition) is 1. The third kappa shape index (κ3) is 1.65. The van der Waals surface area contributed by atoms with Gasteiger partial charge in [-0.15, -0.1) is 10.2 Å². The minimum atomic E-state index is -0.935. The number of aromatic nitrogens is 4. The van der Waals surface area contributed by atoms with Crippen LogP contribution in [0.3, 0.4) is 0 Å². The molecule has 0 atom stereocenters. The van der Waals surface area contributed by atoms with Crippen molar-refractivity contribution in [1.82, 2.24) is 19.8 Å². The van der Waals surface area contributed by atoms with Gasteiger partial charge in [0, 0.05) is 5.56 Å². The third-order valence-corrected chi connectivity index (χ3v) is 3.47. The summed E-state index contributed by atoms with van der Waals surface area (Å²) in [4.78, 5) is 11.5. The summed E-state index contributed by atoms with van der Waals surface area (Å²) in [5, 5.41) is 21.9. The zero-order valence-corrected chi connectivity index (χ0v) is 10.2. The monoisotopic (exact) mass is 260 g/mol. The van der Waals surface area contributed by atoms with Gasteiger partial charge in [-0.3, -0.25) is 0 Å². The van der Waals surface area contributed by atoms with E-state index in [0.717, 1.165) is 21.4 Å². The number of carboxylic acid groups (broad SMARTS) is 1. The SMILES string of the molecule is Cc1nnc2sc(-c3ccc(C(=O)O)cc3)nn12. The van der Waals surface area contributed by atoms with Crippen molar-refractivity contribution < 1.29 is 9.90 Å². The summed E-state index contributed by atoms with van der Waals surface area (Å²) < 4.78 is 1.67. The molecule has 0 aliphatic carbocycles. The van der Waals surface area contributed by atoms with Crippen LogP contribution in [0, 0.1) is 6.92 Å². The molecule has 0 bridgehead atoms. The van der Waals surface area contributed by atoms with E-state index in [0.29, 0.717) is 0 Å². The van der Waals surface area contributed by atoms with Gasteiger partial charge in [0.2, 0.25) is 4.96 Å². The number of aryl methyl sites for hydroxylation is 1. The molecular formula is C11H8N4O2S. The molecule has 1 aromatic carbocycles. The highest BCUT2D eigenvalue weighted by Gasteiger charge is 2.11. The fourth-order valence-corrected chi connectivity index (χ4v) is 2.48. The van der Waals surface area contributed by atoms with Gasteiger partial charge in [-0.05, 0) is 19.1 Å². The fraction of sp³-hybridized carbons (Fsp3) is 0.0909. The first-order valence-electron chi connectivity index (χ1n) is 5.18. The molecule has 0 fully saturated rings. The predicted octanol–water partition coefficient (Wildman–Crippen LogP) is 1.86. The number of carboxylic acids is 1. The van der Waals surface area contributed by atoms with E-state index < -0.39 is 5.97 Å². The molecule has 90 valence electrons. The topological polar surface area (TPSA) is 80.4 Å². The number of fused-ring (bicyclic) bond motifs is 1. The van der Waals surface area contributed by atoms with Crippen LogP contribution in [-0.4, -0.2) is 30.9 Å². The Balaban J connectivity index is 2.05. The van der Waals surface area contributed by atoms with E-state index in [-0.39, 0.29) is 5.56 Å². The van der Waals surface area contributed by atoms with Gasteiger partial charge in [0.05, 0.1) is 5.56 Å². The molecule has 3 aromatic rings. The lowest BCUT2D eigenvalue weighted by atomic mass is 10.1. The van der Waals surface area contributed by atoms with Gasteiger partial charge in [0.25, 0.3) is 0 Å². The average molecular weight is 260 g/mol. The van der Waals surface area contributed by atoms with Crippen molar-refractivity contribution in [3.8, 4) is 10.6 Å². The minimum Gasteiger partial charge on any atom is -0.478 e. The highest BCUT2D eigenvalue weighted by molar-refractivity contribution is 7.19. The van der Waals surface area contributed by atoms with E-state index in [1.807, 2.05) is 6.92 Å². The van der Waals surface area contributed by atoms with Gasteiger partial charge in [-0.1, -0.05) is 23.5 Å². The van der Waals surface area contributed by atoms with Crippen LogP contribution in [0.25, 0.3) is 15.5 Å². The minimum absolute atomic E-state index is 0.262. The Morgan fingerprint density at radius 2 is 2.00 bits per heavy atom. The fourth-order valence-electron chi connectivity index (χ4n) is 1.59. The van der Waals surface area contributed by atoms with Crippen molar-refractivity contribution in [2.75, 3.05) is 0 Å². The van der Waals surface area contributed by atoms with Crippen LogP contribution < -0.4 is 0 Å². The molecule has 0 radical (unpaired) electrons. The van der Waals surface area contributed by atoms with Crippen molar-refractivity contribution in [2.24, 2.45) is 0 Å². The van der Waals surface area contributed by atoms with Gasteiger partial charge in [-0.2, -0.15) is 9.61 Å². The second-order valence-corrected chi connectivity index (χ2v) is 4.69. The van der Waals surface area contributed by atoms with Crippen LogP contribution in [0.1, 0.15) is 16.2 Å². The van der Waals surface area contributed by atoms with Crippen molar-refractivity contribution in [1.29, 1.82) is 0 Å². The second kappa shape index (κ2) is 3.88. The van der Waals surface area contributed by atoms with E-state index in [1.165, 1.54) is 11.3 Å². The number of aromatic carboxylic acids is 1. The Bertz CT molecular complexity index is 729. The van der Waals surface area contributed by atoms with Crippen molar-refractivity contribution >= 4 is 22.3 Å². The number of benzene rings is 1. The molecule has 0 saturated heterocycles. The van der Waals surface area contributed by atoms with Crippen LogP contribution in [0.5, 0.6) is 0 Å². The Labute approximate surface area is 106 Å². The van der Waals surface area contributed by atoms with Gasteiger partial charge in [-0.25, -0.2) is 4.79 Å². The van der Waals surface area contributed by atoms with Gasteiger partial charge >= 0.3 is 5.97 Å². The van der Waals surface area contributed by atoms with E-state index in [9.17, 15) is 4.79 Å². The Morgan fingerprint density at radius 1 is 1.28 bits per heavy atom. The van der Waals surface area contributed by atoms with E-state index in [1.54, 1.807) is 28.8 Å². The summed E-state index contributed by atoms with van der Waals surface area (Å²) in [6, 6.07) is 6.61. The maximum atomic E-state index is 10.8. The normalized spacial score (nSPS) is 10.9. The maximum Gasteiger partial charge on any atom is 0.335 e. The Kier molecular flexibility index (Phi) is 2.34. The third-order valence-electron chi connectivity index (χ3n) is 2.53. The quantitative estimate of drug-likeness (QED) is 0.760. The standard InChI is InChI=1S/C11H8N4O2S/c1-6-12-13-11-15(6)14-9(18-11)7-2-4-8(5-3-7)10(16)17/h2-5H,1H3,(H,16,17). The Morgan fingerprint density at radius 3 is 2.61 bits per heavy atom. The largest absolute Gasteiger partial charge is 0.478 e. The van der Waals surface area contributed by atoms with Crippen molar-refractivity contribution in [3.05, 3.63) is 35.7 Å². The zero-order valence-electron chi connectivity index (χ0n) is 9.36. The number of hydrogen-bond acceptors (Lipinski definition) is 5. The molecule has 18 heavy (non-hydrogen) atoms. The number of carbonyl (C=O) groups is 1. The van der Waals surface area contributed by atoms with E-state index in [2.05, 4.69) is 15.3 Å². The van der Waals surface area contributed by atoms with Crippen LogP contribution in [0.4, 0.5) is 0 Å². The molecule has 2 aromatic heterocycles. The first kappa shape index (κ1) is 10.8. The maximum absolute atomic E-state index is 10.8. The van der Waals surface area contributed by atoms with Gasteiger partial charge in [0.15, 0.2) is 5.82 Å². The van der Waals surface area contributed by atoms with E-state index in [4.69, 9.17) is 5.11 Å². The molecule has 3 rings (SSSR count). The molecule has 0 aliphatic rings. The first-order valence-corrected chi connectivity index (χ1v) is 5.99. The highest BCUT2D eigenvalue weighted by Crippen LogP contribution is 2.25. The first-order chi connectivity index (χ1) is 8.65. The molecule has 0 saturated carbocycles. The second-order valence-electron chi connectivity index (χ2n) is 3.73. The molecule has 1 N–H and O–H groups in total. The molecular weight excluding hydrogens is 252 g/mol. The van der Waals surface area contributed by atoms with Gasteiger partial charge in [0.1, 0.15) is 5.01 Å². The lowest BCUT2D eigenvalue weighted by molar-refractivity contribution is 0.0697. The zero-order chi connectivity index (χ0) is 12.7.